The molecule has 0 bridgehead atoms. The van der Waals surface area contributed by atoms with Gasteiger partial charge in [-0.15, -0.1) is 0 Å². The molecule has 0 radical (unpaired) electrons. The van der Waals surface area contributed by atoms with Crippen LogP contribution < -0.4 is 10.7 Å². The van der Waals surface area contributed by atoms with E-state index in [1.54, 1.807) is 17.3 Å². The molecule has 1 N–H and O–H groups in total. The Morgan fingerprint density at radius 1 is 0.900 bits per heavy atom. The first-order valence-corrected chi connectivity index (χ1v) is 11.0. The molecule has 158 valence electrons. The Kier molecular flexibility index (Phi) is 6.31. The van der Waals surface area contributed by atoms with Crippen LogP contribution in [0.3, 0.4) is 0 Å². The number of carbonyl (C=O) groups excluding carboxylic acids is 2. The molecule has 1 aromatic heterocycles. The standard InChI is InChI=1S/C24H29N3O3/c28-22-20(23(29)25-15-18-9-3-1-4-10-18)16-27(19-11-5-6-12-19)17-21(22)24(30)26-13-7-2-8-14-26/h1,3-4,9-10,16-17,19H,2,5-8,11-15H2,(H,25,29). The van der Waals surface area contributed by atoms with Crippen LogP contribution in [0, 0.1) is 0 Å². The summed E-state index contributed by atoms with van der Waals surface area (Å²) in [6.45, 7) is 1.69. The van der Waals surface area contributed by atoms with Crippen molar-refractivity contribution in [1.29, 1.82) is 0 Å². The van der Waals surface area contributed by atoms with Gasteiger partial charge in [0.15, 0.2) is 0 Å². The molecule has 0 unspecified atom stereocenters. The maximum atomic E-state index is 13.2. The third-order valence-corrected chi connectivity index (χ3v) is 6.21. The Morgan fingerprint density at radius 3 is 2.27 bits per heavy atom. The quantitative estimate of drug-likeness (QED) is 0.824. The van der Waals surface area contributed by atoms with Crippen molar-refractivity contribution in [3.63, 3.8) is 0 Å². The topological polar surface area (TPSA) is 71.4 Å². The van der Waals surface area contributed by atoms with Gasteiger partial charge in [-0.3, -0.25) is 14.4 Å². The molecule has 2 fully saturated rings. The van der Waals surface area contributed by atoms with E-state index in [4.69, 9.17) is 0 Å². The number of hydrogen-bond donors (Lipinski definition) is 1. The van der Waals surface area contributed by atoms with E-state index in [9.17, 15) is 14.4 Å². The Bertz CT molecular complexity index is 955. The van der Waals surface area contributed by atoms with Crippen LogP contribution in [0.2, 0.25) is 0 Å². The minimum absolute atomic E-state index is 0.0562. The zero-order valence-electron chi connectivity index (χ0n) is 17.3. The van der Waals surface area contributed by atoms with Crippen LogP contribution >= 0.6 is 0 Å². The van der Waals surface area contributed by atoms with Gasteiger partial charge in [0, 0.05) is 38.1 Å². The number of rotatable bonds is 5. The molecule has 1 aromatic carbocycles. The van der Waals surface area contributed by atoms with Crippen molar-refractivity contribution < 1.29 is 9.59 Å². The van der Waals surface area contributed by atoms with Crippen molar-refractivity contribution in [3.05, 3.63) is 69.6 Å². The Labute approximate surface area is 176 Å². The number of carbonyl (C=O) groups is 2. The van der Waals surface area contributed by atoms with Gasteiger partial charge in [0.25, 0.3) is 11.8 Å². The van der Waals surface area contributed by atoms with E-state index >= 15 is 0 Å². The molecule has 1 aliphatic heterocycles. The van der Waals surface area contributed by atoms with E-state index in [-0.39, 0.29) is 23.1 Å². The first kappa shape index (κ1) is 20.4. The number of likely N-dealkylation sites (tertiary alicyclic amines) is 1. The lowest BCUT2D eigenvalue weighted by Gasteiger charge is -2.27. The van der Waals surface area contributed by atoms with Gasteiger partial charge >= 0.3 is 0 Å². The number of amides is 2. The molecule has 0 spiro atoms. The molecule has 2 aliphatic rings. The van der Waals surface area contributed by atoms with Gasteiger partial charge in [-0.1, -0.05) is 43.2 Å². The maximum absolute atomic E-state index is 13.2. The molecule has 6 heteroatoms. The van der Waals surface area contributed by atoms with Crippen LogP contribution in [0.1, 0.15) is 77.3 Å². The van der Waals surface area contributed by atoms with Gasteiger partial charge in [0.1, 0.15) is 11.1 Å². The average Bonchev–Trinajstić information content (AvgIpc) is 3.33. The third kappa shape index (κ3) is 4.48. The predicted octanol–water partition coefficient (Wildman–Crippen LogP) is 3.52. The number of aromatic nitrogens is 1. The number of benzene rings is 1. The molecular formula is C24H29N3O3. The summed E-state index contributed by atoms with van der Waals surface area (Å²) in [6.07, 6.45) is 10.6. The van der Waals surface area contributed by atoms with Crippen molar-refractivity contribution >= 4 is 11.8 Å². The highest BCUT2D eigenvalue weighted by atomic mass is 16.2. The molecular weight excluding hydrogens is 378 g/mol. The first-order chi connectivity index (χ1) is 14.6. The van der Waals surface area contributed by atoms with E-state index in [1.807, 2.05) is 34.9 Å². The normalized spacial score (nSPS) is 17.1. The summed E-state index contributed by atoms with van der Waals surface area (Å²) in [5.41, 5.74) is 0.671. The molecule has 6 nitrogen and oxygen atoms in total. The first-order valence-electron chi connectivity index (χ1n) is 11.0. The van der Waals surface area contributed by atoms with E-state index in [2.05, 4.69) is 5.32 Å². The molecule has 2 aromatic rings. The second-order valence-electron chi connectivity index (χ2n) is 8.32. The summed E-state index contributed by atoms with van der Waals surface area (Å²) in [6, 6.07) is 9.82. The SMILES string of the molecule is O=C(NCc1ccccc1)c1cn(C2CCCC2)cc(C(=O)N2CCCCC2)c1=O. The van der Waals surface area contributed by atoms with E-state index < -0.39 is 11.3 Å². The second kappa shape index (κ2) is 9.28. The second-order valence-corrected chi connectivity index (χ2v) is 8.32. The number of hydrogen-bond acceptors (Lipinski definition) is 3. The van der Waals surface area contributed by atoms with Crippen molar-refractivity contribution in [2.24, 2.45) is 0 Å². The third-order valence-electron chi connectivity index (χ3n) is 6.21. The molecule has 2 heterocycles. The number of nitrogens with zero attached hydrogens (tertiary/aromatic N) is 2. The Morgan fingerprint density at radius 2 is 1.57 bits per heavy atom. The summed E-state index contributed by atoms with van der Waals surface area (Å²) in [7, 11) is 0. The van der Waals surface area contributed by atoms with Crippen LogP contribution in [-0.4, -0.2) is 34.4 Å². The Hall–Kier alpha value is -2.89. The zero-order valence-corrected chi connectivity index (χ0v) is 17.3. The van der Waals surface area contributed by atoms with Crippen molar-refractivity contribution in [3.8, 4) is 0 Å². The molecule has 30 heavy (non-hydrogen) atoms. The van der Waals surface area contributed by atoms with Crippen LogP contribution in [0.5, 0.6) is 0 Å². The summed E-state index contributed by atoms with van der Waals surface area (Å²) in [5, 5.41) is 2.84. The summed E-state index contributed by atoms with van der Waals surface area (Å²) < 4.78 is 1.93. The van der Waals surface area contributed by atoms with E-state index in [1.165, 1.54) is 0 Å². The lowest BCUT2D eigenvalue weighted by Crippen LogP contribution is -2.40. The van der Waals surface area contributed by atoms with Gasteiger partial charge in [-0.25, -0.2) is 0 Å². The van der Waals surface area contributed by atoms with Crippen LogP contribution in [0.4, 0.5) is 0 Å². The van der Waals surface area contributed by atoms with Gasteiger partial charge in [-0.2, -0.15) is 0 Å². The van der Waals surface area contributed by atoms with Gasteiger partial charge in [-0.05, 0) is 37.7 Å². The van der Waals surface area contributed by atoms with Crippen molar-refractivity contribution in [2.75, 3.05) is 13.1 Å². The monoisotopic (exact) mass is 407 g/mol. The highest BCUT2D eigenvalue weighted by Crippen LogP contribution is 2.29. The minimum atomic E-state index is -0.467. The predicted molar refractivity (Wildman–Crippen MR) is 116 cm³/mol. The van der Waals surface area contributed by atoms with Crippen molar-refractivity contribution in [1.82, 2.24) is 14.8 Å². The van der Waals surface area contributed by atoms with Crippen LogP contribution in [0.15, 0.2) is 47.5 Å². The maximum Gasteiger partial charge on any atom is 0.259 e. The molecule has 2 amide bonds. The van der Waals surface area contributed by atoms with E-state index in [0.717, 1.165) is 50.5 Å². The summed E-state index contributed by atoms with van der Waals surface area (Å²) >= 11 is 0. The molecule has 4 rings (SSSR count). The highest BCUT2D eigenvalue weighted by molar-refractivity contribution is 5.99. The summed E-state index contributed by atoms with van der Waals surface area (Å²) in [4.78, 5) is 40.9. The Balaban J connectivity index is 1.64. The summed E-state index contributed by atoms with van der Waals surface area (Å²) in [5.74, 6) is -0.673. The lowest BCUT2D eigenvalue weighted by molar-refractivity contribution is 0.0722. The molecule has 0 atom stereocenters. The lowest BCUT2D eigenvalue weighted by atomic mass is 10.1. The minimum Gasteiger partial charge on any atom is -0.349 e. The van der Waals surface area contributed by atoms with Crippen LogP contribution in [-0.2, 0) is 6.54 Å². The fourth-order valence-corrected chi connectivity index (χ4v) is 4.47. The number of pyridine rings is 1. The molecule has 1 aliphatic carbocycles. The number of nitrogens with one attached hydrogen (secondary N) is 1. The fraction of sp³-hybridized carbons (Fsp3) is 0.458. The van der Waals surface area contributed by atoms with Gasteiger partial charge < -0.3 is 14.8 Å². The number of piperidine rings is 1. The van der Waals surface area contributed by atoms with E-state index in [0.29, 0.717) is 19.6 Å². The highest BCUT2D eigenvalue weighted by Gasteiger charge is 2.26. The molecule has 1 saturated heterocycles. The largest absolute Gasteiger partial charge is 0.349 e. The van der Waals surface area contributed by atoms with Crippen LogP contribution in [0.25, 0.3) is 0 Å². The zero-order chi connectivity index (χ0) is 20.9. The average molecular weight is 408 g/mol. The molecule has 1 saturated carbocycles. The smallest absolute Gasteiger partial charge is 0.259 e. The van der Waals surface area contributed by atoms with Crippen molar-refractivity contribution in [2.45, 2.75) is 57.5 Å². The fourth-order valence-electron chi connectivity index (χ4n) is 4.47. The van der Waals surface area contributed by atoms with Gasteiger partial charge in [0.05, 0.1) is 0 Å². The van der Waals surface area contributed by atoms with Gasteiger partial charge in [0.2, 0.25) is 5.43 Å².